The number of rotatable bonds is 6. The van der Waals surface area contributed by atoms with Crippen LogP contribution in [0.2, 0.25) is 0 Å². The molecule has 0 saturated carbocycles. The minimum atomic E-state index is -0.372. The highest BCUT2D eigenvalue weighted by Gasteiger charge is 2.05. The summed E-state index contributed by atoms with van der Waals surface area (Å²) < 4.78 is 13.3. The molecule has 0 bridgehead atoms. The van der Waals surface area contributed by atoms with Gasteiger partial charge >= 0.3 is 0 Å². The lowest BCUT2D eigenvalue weighted by Crippen LogP contribution is -2.13. The third kappa shape index (κ3) is 4.01. The Balaban J connectivity index is 1.58. The van der Waals surface area contributed by atoms with Crippen LogP contribution in [0.25, 0.3) is 11.3 Å². The molecule has 3 nitrogen and oxygen atoms in total. The number of thiazole rings is 1. The van der Waals surface area contributed by atoms with E-state index in [9.17, 15) is 4.39 Å². The number of halogens is 1. The predicted molar refractivity (Wildman–Crippen MR) is 90.4 cm³/mol. The minimum absolute atomic E-state index is 0.285. The van der Waals surface area contributed by atoms with Crippen LogP contribution in [0.15, 0.2) is 53.9 Å². The second-order valence-corrected chi connectivity index (χ2v) is 6.12. The van der Waals surface area contributed by atoms with Gasteiger partial charge in [-0.3, -0.25) is 0 Å². The maximum absolute atomic E-state index is 13.3. The SMILES string of the molecule is OCc1cc(CNCc2nc(-c3ccccc3)cs2)ccc1F. The Labute approximate surface area is 138 Å². The van der Waals surface area contributed by atoms with E-state index in [0.717, 1.165) is 21.8 Å². The molecule has 1 heterocycles. The van der Waals surface area contributed by atoms with Crippen molar-refractivity contribution in [3.8, 4) is 11.3 Å². The smallest absolute Gasteiger partial charge is 0.128 e. The molecule has 0 fully saturated rings. The summed E-state index contributed by atoms with van der Waals surface area (Å²) in [6.07, 6.45) is 0. The quantitative estimate of drug-likeness (QED) is 0.725. The van der Waals surface area contributed by atoms with Crippen molar-refractivity contribution in [2.45, 2.75) is 19.7 Å². The second-order valence-electron chi connectivity index (χ2n) is 5.18. The number of aliphatic hydroxyl groups is 1. The Morgan fingerprint density at radius 2 is 1.91 bits per heavy atom. The molecule has 0 aliphatic carbocycles. The Kier molecular flexibility index (Phi) is 5.12. The molecule has 0 spiro atoms. The van der Waals surface area contributed by atoms with Gasteiger partial charge in [-0.25, -0.2) is 9.37 Å². The van der Waals surface area contributed by atoms with Gasteiger partial charge < -0.3 is 10.4 Å². The van der Waals surface area contributed by atoms with E-state index in [1.807, 2.05) is 35.7 Å². The van der Waals surface area contributed by atoms with Crippen molar-refractivity contribution in [1.29, 1.82) is 0 Å². The van der Waals surface area contributed by atoms with Crippen LogP contribution < -0.4 is 5.32 Å². The lowest BCUT2D eigenvalue weighted by atomic mass is 10.1. The van der Waals surface area contributed by atoms with Crippen molar-refractivity contribution in [1.82, 2.24) is 10.3 Å². The highest BCUT2D eigenvalue weighted by atomic mass is 32.1. The van der Waals surface area contributed by atoms with Crippen molar-refractivity contribution < 1.29 is 9.50 Å². The van der Waals surface area contributed by atoms with Gasteiger partial charge in [-0.05, 0) is 17.7 Å². The Hall–Kier alpha value is -2.08. The van der Waals surface area contributed by atoms with E-state index in [-0.39, 0.29) is 12.4 Å². The lowest BCUT2D eigenvalue weighted by molar-refractivity contribution is 0.275. The first-order chi connectivity index (χ1) is 11.3. The van der Waals surface area contributed by atoms with Crippen molar-refractivity contribution >= 4 is 11.3 Å². The van der Waals surface area contributed by atoms with Gasteiger partial charge in [0.05, 0.1) is 12.3 Å². The summed E-state index contributed by atoms with van der Waals surface area (Å²) in [7, 11) is 0. The summed E-state index contributed by atoms with van der Waals surface area (Å²) in [6, 6.07) is 14.9. The summed E-state index contributed by atoms with van der Waals surface area (Å²) in [5.74, 6) is -0.372. The number of aliphatic hydroxyl groups excluding tert-OH is 1. The van der Waals surface area contributed by atoms with E-state index in [4.69, 9.17) is 5.11 Å². The molecule has 5 heteroatoms. The van der Waals surface area contributed by atoms with Gasteiger partial charge in [0.1, 0.15) is 10.8 Å². The highest BCUT2D eigenvalue weighted by molar-refractivity contribution is 7.09. The summed E-state index contributed by atoms with van der Waals surface area (Å²) in [5, 5.41) is 15.4. The van der Waals surface area contributed by atoms with Gasteiger partial charge in [0, 0.05) is 29.6 Å². The average Bonchev–Trinajstić information content (AvgIpc) is 3.06. The number of hydrogen-bond acceptors (Lipinski definition) is 4. The van der Waals surface area contributed by atoms with E-state index >= 15 is 0 Å². The molecule has 1 aromatic heterocycles. The molecule has 2 aromatic carbocycles. The first kappa shape index (κ1) is 15.8. The van der Waals surface area contributed by atoms with Crippen LogP contribution in [0.1, 0.15) is 16.1 Å². The van der Waals surface area contributed by atoms with Crippen LogP contribution in [0.4, 0.5) is 4.39 Å². The van der Waals surface area contributed by atoms with Crippen molar-refractivity contribution in [3.05, 3.63) is 75.9 Å². The van der Waals surface area contributed by atoms with Crippen LogP contribution in [0.3, 0.4) is 0 Å². The molecule has 0 aliphatic heterocycles. The number of aromatic nitrogens is 1. The molecule has 3 aromatic rings. The third-order valence-electron chi connectivity index (χ3n) is 3.51. The molecule has 0 amide bonds. The predicted octanol–water partition coefficient (Wildman–Crippen LogP) is 3.73. The highest BCUT2D eigenvalue weighted by Crippen LogP contribution is 2.21. The fraction of sp³-hybridized carbons (Fsp3) is 0.167. The van der Waals surface area contributed by atoms with Gasteiger partial charge in [0.15, 0.2) is 0 Å². The van der Waals surface area contributed by atoms with E-state index in [1.54, 1.807) is 23.5 Å². The Bertz CT molecular complexity index is 774. The maximum atomic E-state index is 13.3. The van der Waals surface area contributed by atoms with E-state index in [1.165, 1.54) is 6.07 Å². The standard InChI is InChI=1S/C18H17FN2OS/c19-16-7-6-13(8-15(16)11-22)9-20-10-18-21-17(12-23-18)14-4-2-1-3-5-14/h1-8,12,20,22H,9-11H2. The van der Waals surface area contributed by atoms with Gasteiger partial charge in [-0.15, -0.1) is 11.3 Å². The zero-order chi connectivity index (χ0) is 16.1. The largest absolute Gasteiger partial charge is 0.392 e. The summed E-state index contributed by atoms with van der Waals surface area (Å²) in [4.78, 5) is 4.62. The van der Waals surface area contributed by atoms with Crippen LogP contribution in [0.5, 0.6) is 0 Å². The molecule has 118 valence electrons. The number of nitrogens with zero attached hydrogens (tertiary/aromatic N) is 1. The number of benzene rings is 2. The molecule has 0 atom stereocenters. The van der Waals surface area contributed by atoms with Gasteiger partial charge in [-0.2, -0.15) is 0 Å². The van der Waals surface area contributed by atoms with E-state index < -0.39 is 0 Å². The van der Waals surface area contributed by atoms with Crippen molar-refractivity contribution in [3.63, 3.8) is 0 Å². The molecule has 0 saturated heterocycles. The van der Waals surface area contributed by atoms with Crippen molar-refractivity contribution in [2.75, 3.05) is 0 Å². The molecular weight excluding hydrogens is 311 g/mol. The van der Waals surface area contributed by atoms with E-state index in [0.29, 0.717) is 18.7 Å². The van der Waals surface area contributed by atoms with Crippen LogP contribution in [-0.2, 0) is 19.7 Å². The fourth-order valence-electron chi connectivity index (χ4n) is 2.31. The summed E-state index contributed by atoms with van der Waals surface area (Å²) in [5.41, 5.74) is 3.36. The minimum Gasteiger partial charge on any atom is -0.392 e. The van der Waals surface area contributed by atoms with Crippen molar-refractivity contribution in [2.24, 2.45) is 0 Å². The Morgan fingerprint density at radius 1 is 1.09 bits per heavy atom. The van der Waals surface area contributed by atoms with Gasteiger partial charge in [-0.1, -0.05) is 36.4 Å². The summed E-state index contributed by atoms with van der Waals surface area (Å²) >= 11 is 1.62. The first-order valence-corrected chi connectivity index (χ1v) is 8.23. The van der Waals surface area contributed by atoms with Crippen LogP contribution in [0, 0.1) is 5.82 Å². The number of nitrogens with one attached hydrogen (secondary N) is 1. The zero-order valence-electron chi connectivity index (χ0n) is 12.5. The van der Waals surface area contributed by atoms with Crippen LogP contribution in [-0.4, -0.2) is 10.1 Å². The lowest BCUT2D eigenvalue weighted by Gasteiger charge is -2.06. The third-order valence-corrected chi connectivity index (χ3v) is 4.36. The Morgan fingerprint density at radius 3 is 2.70 bits per heavy atom. The van der Waals surface area contributed by atoms with Crippen LogP contribution >= 0.6 is 11.3 Å². The molecule has 3 rings (SSSR count). The fourth-order valence-corrected chi connectivity index (χ4v) is 3.08. The van der Waals surface area contributed by atoms with Gasteiger partial charge in [0.25, 0.3) is 0 Å². The zero-order valence-corrected chi connectivity index (χ0v) is 13.3. The molecule has 0 aliphatic rings. The molecule has 0 radical (unpaired) electrons. The monoisotopic (exact) mass is 328 g/mol. The first-order valence-electron chi connectivity index (χ1n) is 7.35. The topological polar surface area (TPSA) is 45.1 Å². The second kappa shape index (κ2) is 7.46. The normalized spacial score (nSPS) is 10.9. The molecule has 2 N–H and O–H groups in total. The van der Waals surface area contributed by atoms with Gasteiger partial charge in [0.2, 0.25) is 0 Å². The molecular formula is C18H17FN2OS. The summed E-state index contributed by atoms with van der Waals surface area (Å²) in [6.45, 7) is 0.976. The average molecular weight is 328 g/mol. The van der Waals surface area contributed by atoms with E-state index in [2.05, 4.69) is 10.3 Å². The molecule has 23 heavy (non-hydrogen) atoms. The number of hydrogen-bond donors (Lipinski definition) is 2. The maximum Gasteiger partial charge on any atom is 0.128 e. The molecule has 0 unspecified atom stereocenters.